The zero-order chi connectivity index (χ0) is 15.9. The number of hydrogen-bond donors (Lipinski definition) is 1. The Bertz CT molecular complexity index is 1040. The van der Waals surface area contributed by atoms with Gasteiger partial charge in [0.15, 0.2) is 5.43 Å². The molecule has 0 saturated carbocycles. The van der Waals surface area contributed by atoms with Crippen molar-refractivity contribution in [1.82, 2.24) is 4.57 Å². The van der Waals surface area contributed by atoms with E-state index in [1.165, 1.54) is 12.1 Å². The molecule has 0 spiro atoms. The topological polar surface area (TPSA) is 59.3 Å². The number of benzene rings is 2. The van der Waals surface area contributed by atoms with Crippen LogP contribution in [0.25, 0.3) is 28.0 Å². The first kappa shape index (κ1) is 14.1. The molecule has 108 valence electrons. The van der Waals surface area contributed by atoms with Crippen molar-refractivity contribution >= 4 is 45.6 Å². The van der Waals surface area contributed by atoms with E-state index in [9.17, 15) is 9.59 Å². The van der Waals surface area contributed by atoms with Crippen molar-refractivity contribution in [2.75, 3.05) is 0 Å². The molecule has 0 amide bonds. The number of aromatic nitrogens is 1. The zero-order valence-electron chi connectivity index (χ0n) is 11.3. The second-order valence-corrected chi connectivity index (χ2v) is 5.17. The Morgan fingerprint density at radius 2 is 1.95 bits per heavy atom. The van der Waals surface area contributed by atoms with Gasteiger partial charge in [0.05, 0.1) is 22.8 Å². The number of halogens is 1. The average molecular weight is 312 g/mol. The van der Waals surface area contributed by atoms with Gasteiger partial charge < -0.3 is 9.67 Å². The van der Waals surface area contributed by atoms with Gasteiger partial charge in [-0.3, -0.25) is 4.79 Å². The van der Waals surface area contributed by atoms with Gasteiger partial charge in [-0.25, -0.2) is 4.79 Å². The van der Waals surface area contributed by atoms with E-state index in [2.05, 4.69) is 12.3 Å². The van der Waals surface area contributed by atoms with Gasteiger partial charge in [-0.05, 0) is 36.4 Å². The Balaban J connectivity index is 2.61. The predicted molar refractivity (Wildman–Crippen MR) is 87.6 cm³/mol. The SMILES string of the molecule is C=C=Cn1c2ccc(C(=O)O)cc2c(=O)c2ccc(Cl)cc21. The quantitative estimate of drug-likeness (QED) is 0.579. The third-order valence-corrected chi connectivity index (χ3v) is 3.67. The van der Waals surface area contributed by atoms with Crippen LogP contribution in [0.2, 0.25) is 5.02 Å². The second-order valence-electron chi connectivity index (χ2n) is 4.73. The van der Waals surface area contributed by atoms with E-state index < -0.39 is 5.97 Å². The van der Waals surface area contributed by atoms with Gasteiger partial charge in [-0.1, -0.05) is 18.2 Å². The van der Waals surface area contributed by atoms with Crippen LogP contribution in [0.4, 0.5) is 0 Å². The monoisotopic (exact) mass is 311 g/mol. The highest BCUT2D eigenvalue weighted by atomic mass is 35.5. The highest BCUT2D eigenvalue weighted by Gasteiger charge is 2.12. The van der Waals surface area contributed by atoms with Gasteiger partial charge in [0.2, 0.25) is 0 Å². The Morgan fingerprint density at radius 3 is 2.64 bits per heavy atom. The molecular weight excluding hydrogens is 302 g/mol. The smallest absolute Gasteiger partial charge is 0.335 e. The average Bonchev–Trinajstić information content (AvgIpc) is 2.50. The molecule has 0 radical (unpaired) electrons. The van der Waals surface area contributed by atoms with E-state index in [4.69, 9.17) is 16.7 Å². The maximum absolute atomic E-state index is 12.6. The summed E-state index contributed by atoms with van der Waals surface area (Å²) >= 11 is 6.02. The normalized spacial score (nSPS) is 10.6. The van der Waals surface area contributed by atoms with E-state index in [0.717, 1.165) is 0 Å². The molecule has 0 aliphatic rings. The lowest BCUT2D eigenvalue weighted by molar-refractivity contribution is 0.0697. The number of carboxylic acids is 1. The van der Waals surface area contributed by atoms with Crippen LogP contribution < -0.4 is 5.43 Å². The minimum atomic E-state index is -1.08. The number of fused-ring (bicyclic) bond motifs is 2. The molecule has 4 nitrogen and oxygen atoms in total. The van der Waals surface area contributed by atoms with Gasteiger partial charge in [0, 0.05) is 15.8 Å². The summed E-state index contributed by atoms with van der Waals surface area (Å²) in [5, 5.41) is 10.4. The molecule has 0 unspecified atom stereocenters. The zero-order valence-corrected chi connectivity index (χ0v) is 12.1. The number of rotatable bonds is 2. The van der Waals surface area contributed by atoms with Crippen LogP contribution in [0.3, 0.4) is 0 Å². The van der Waals surface area contributed by atoms with Gasteiger partial charge >= 0.3 is 5.97 Å². The van der Waals surface area contributed by atoms with Crippen molar-refractivity contribution in [2.45, 2.75) is 0 Å². The Morgan fingerprint density at radius 1 is 1.18 bits per heavy atom. The Kier molecular flexibility index (Phi) is 3.33. The summed E-state index contributed by atoms with van der Waals surface area (Å²) in [7, 11) is 0. The standard InChI is InChI=1S/C17H10ClNO3/c1-2-7-19-14-6-3-10(17(21)22)8-13(14)16(20)12-5-4-11(18)9-15(12)19/h3-9H,1H2,(H,21,22). The van der Waals surface area contributed by atoms with E-state index in [0.29, 0.717) is 26.8 Å². The molecule has 3 aromatic rings. The molecule has 22 heavy (non-hydrogen) atoms. The van der Waals surface area contributed by atoms with Gasteiger partial charge in [0.1, 0.15) is 0 Å². The lowest BCUT2D eigenvalue weighted by Gasteiger charge is -2.11. The number of pyridine rings is 1. The van der Waals surface area contributed by atoms with Gasteiger partial charge in [-0.2, -0.15) is 0 Å². The van der Waals surface area contributed by atoms with Crippen molar-refractivity contribution in [3.05, 3.63) is 69.5 Å². The van der Waals surface area contributed by atoms with Crippen LogP contribution >= 0.6 is 11.6 Å². The molecule has 0 aliphatic carbocycles. The lowest BCUT2D eigenvalue weighted by Crippen LogP contribution is -2.09. The third-order valence-electron chi connectivity index (χ3n) is 3.43. The fourth-order valence-electron chi connectivity index (χ4n) is 2.46. The number of hydrogen-bond acceptors (Lipinski definition) is 2. The van der Waals surface area contributed by atoms with Crippen LogP contribution in [-0.2, 0) is 0 Å². The Hall–Kier alpha value is -2.81. The summed E-state index contributed by atoms with van der Waals surface area (Å²) < 4.78 is 1.72. The van der Waals surface area contributed by atoms with Crippen molar-refractivity contribution < 1.29 is 9.90 Å². The molecule has 0 saturated heterocycles. The van der Waals surface area contributed by atoms with Crippen LogP contribution in [0.15, 0.2) is 53.5 Å². The van der Waals surface area contributed by atoms with E-state index in [1.807, 2.05) is 0 Å². The molecule has 2 aromatic carbocycles. The van der Waals surface area contributed by atoms with E-state index in [1.54, 1.807) is 35.0 Å². The molecule has 1 aromatic heterocycles. The number of aromatic carboxylic acids is 1. The fraction of sp³-hybridized carbons (Fsp3) is 0. The fourth-order valence-corrected chi connectivity index (χ4v) is 2.63. The summed E-state index contributed by atoms with van der Waals surface area (Å²) in [4.78, 5) is 23.7. The highest BCUT2D eigenvalue weighted by Crippen LogP contribution is 2.23. The molecule has 0 atom stereocenters. The van der Waals surface area contributed by atoms with Crippen LogP contribution in [0.1, 0.15) is 10.4 Å². The molecule has 3 rings (SSSR count). The highest BCUT2D eigenvalue weighted by molar-refractivity contribution is 6.31. The third kappa shape index (κ3) is 2.11. The molecule has 1 N–H and O–H groups in total. The molecule has 1 heterocycles. The number of carbonyl (C=O) groups is 1. The minimum absolute atomic E-state index is 0.0621. The summed E-state index contributed by atoms with van der Waals surface area (Å²) in [6.45, 7) is 3.55. The first-order valence-electron chi connectivity index (χ1n) is 6.39. The van der Waals surface area contributed by atoms with E-state index >= 15 is 0 Å². The molecule has 0 fully saturated rings. The van der Waals surface area contributed by atoms with Crippen molar-refractivity contribution in [3.63, 3.8) is 0 Å². The number of nitrogens with zero attached hydrogens (tertiary/aromatic N) is 1. The Labute approximate surface area is 130 Å². The van der Waals surface area contributed by atoms with Crippen LogP contribution in [0.5, 0.6) is 0 Å². The van der Waals surface area contributed by atoms with Crippen molar-refractivity contribution in [3.8, 4) is 0 Å². The predicted octanol–water partition coefficient (Wildman–Crippen LogP) is 3.76. The molecule has 5 heteroatoms. The largest absolute Gasteiger partial charge is 0.478 e. The summed E-state index contributed by atoms with van der Waals surface area (Å²) in [5.41, 5.74) is 3.68. The van der Waals surface area contributed by atoms with Crippen LogP contribution in [-0.4, -0.2) is 15.6 Å². The number of carboxylic acid groups (broad SMARTS) is 1. The summed E-state index contributed by atoms with van der Waals surface area (Å²) in [6.07, 6.45) is 1.58. The minimum Gasteiger partial charge on any atom is -0.478 e. The van der Waals surface area contributed by atoms with Crippen LogP contribution in [0, 0.1) is 0 Å². The van der Waals surface area contributed by atoms with Crippen molar-refractivity contribution in [1.29, 1.82) is 0 Å². The molecule has 0 aliphatic heterocycles. The van der Waals surface area contributed by atoms with Crippen molar-refractivity contribution in [2.24, 2.45) is 0 Å². The first-order chi connectivity index (χ1) is 10.5. The summed E-state index contributed by atoms with van der Waals surface area (Å²) in [6, 6.07) is 9.35. The maximum atomic E-state index is 12.6. The van der Waals surface area contributed by atoms with E-state index in [-0.39, 0.29) is 11.0 Å². The lowest BCUT2D eigenvalue weighted by atomic mass is 10.1. The van der Waals surface area contributed by atoms with Gasteiger partial charge in [-0.15, -0.1) is 5.73 Å². The summed E-state index contributed by atoms with van der Waals surface area (Å²) in [5.74, 6) is -1.08. The van der Waals surface area contributed by atoms with Gasteiger partial charge in [0.25, 0.3) is 0 Å². The maximum Gasteiger partial charge on any atom is 0.335 e. The molecule has 0 bridgehead atoms. The molecular formula is C17H10ClNO3. The first-order valence-corrected chi connectivity index (χ1v) is 6.77. The second kappa shape index (κ2) is 5.19.